The summed E-state index contributed by atoms with van der Waals surface area (Å²) in [6, 6.07) is 8.71. The summed E-state index contributed by atoms with van der Waals surface area (Å²) in [4.78, 5) is 4.37. The fourth-order valence-corrected chi connectivity index (χ4v) is 3.56. The van der Waals surface area contributed by atoms with E-state index in [1.165, 1.54) is 11.1 Å². The number of hydrogen-bond donors (Lipinski definition) is 2. The Bertz CT molecular complexity index is 593. The normalized spacial score (nSPS) is 22.4. The number of rotatable bonds is 6. The number of aryl methyl sites for hydroxylation is 1. The Labute approximate surface area is 164 Å². The Kier molecular flexibility index (Phi) is 8.11. The maximum Gasteiger partial charge on any atom is 0.191 e. The third-order valence-corrected chi connectivity index (χ3v) is 5.31. The van der Waals surface area contributed by atoms with Gasteiger partial charge in [0, 0.05) is 39.8 Å². The molecule has 5 heteroatoms. The van der Waals surface area contributed by atoms with Gasteiger partial charge in [0.1, 0.15) is 0 Å². The lowest BCUT2D eigenvalue weighted by molar-refractivity contribution is -0.0265. The van der Waals surface area contributed by atoms with Gasteiger partial charge in [-0.05, 0) is 30.7 Å². The summed E-state index contributed by atoms with van der Waals surface area (Å²) in [6.45, 7) is 11.1. The molecule has 0 aromatic heterocycles. The molecule has 1 heterocycles. The second-order valence-electron chi connectivity index (χ2n) is 8.53. The van der Waals surface area contributed by atoms with Crippen LogP contribution in [0.1, 0.15) is 50.8 Å². The van der Waals surface area contributed by atoms with Crippen molar-refractivity contribution in [2.75, 3.05) is 33.9 Å². The smallest absolute Gasteiger partial charge is 0.191 e. The first-order valence-electron chi connectivity index (χ1n) is 10.0. The zero-order chi connectivity index (χ0) is 19.9. The molecule has 0 bridgehead atoms. The fraction of sp³-hybridized carbons (Fsp3) is 0.682. The van der Waals surface area contributed by atoms with Gasteiger partial charge in [0.2, 0.25) is 0 Å². The molecular weight excluding hydrogens is 338 g/mol. The summed E-state index contributed by atoms with van der Waals surface area (Å²) < 4.78 is 11.7. The average Bonchev–Trinajstić information content (AvgIpc) is 2.64. The maximum atomic E-state index is 6.12. The summed E-state index contributed by atoms with van der Waals surface area (Å²) in [5, 5.41) is 6.89. The molecule has 1 aromatic carbocycles. The molecule has 1 aliphatic rings. The topological polar surface area (TPSA) is 54.9 Å². The summed E-state index contributed by atoms with van der Waals surface area (Å²) in [7, 11) is 3.57. The van der Waals surface area contributed by atoms with Crippen LogP contribution in [0.15, 0.2) is 29.3 Å². The summed E-state index contributed by atoms with van der Waals surface area (Å²) in [5.41, 5.74) is 2.62. The molecule has 1 aliphatic heterocycles. The van der Waals surface area contributed by atoms with E-state index < -0.39 is 0 Å². The SMILES string of the molecule is CN=C(NCC1CCCOC1c1ccc(C)cc1)NCC(OC)C(C)(C)C. The zero-order valence-corrected chi connectivity index (χ0v) is 17.8. The van der Waals surface area contributed by atoms with Crippen LogP contribution in [0, 0.1) is 18.3 Å². The molecule has 2 N–H and O–H groups in total. The molecule has 1 fully saturated rings. The van der Waals surface area contributed by atoms with E-state index in [1.54, 1.807) is 7.11 Å². The van der Waals surface area contributed by atoms with E-state index in [-0.39, 0.29) is 17.6 Å². The van der Waals surface area contributed by atoms with E-state index in [1.807, 2.05) is 7.05 Å². The van der Waals surface area contributed by atoms with Crippen molar-refractivity contribution in [2.24, 2.45) is 16.3 Å². The van der Waals surface area contributed by atoms with E-state index in [0.29, 0.717) is 5.92 Å². The lowest BCUT2D eigenvalue weighted by atomic mass is 9.89. The molecule has 152 valence electrons. The van der Waals surface area contributed by atoms with Crippen LogP contribution in [-0.2, 0) is 9.47 Å². The largest absolute Gasteiger partial charge is 0.379 e. The van der Waals surface area contributed by atoms with Crippen LogP contribution in [0.3, 0.4) is 0 Å². The third-order valence-electron chi connectivity index (χ3n) is 5.31. The number of nitrogens with one attached hydrogen (secondary N) is 2. The minimum absolute atomic E-state index is 0.0777. The average molecular weight is 376 g/mol. The first-order chi connectivity index (χ1) is 12.8. The highest BCUT2D eigenvalue weighted by Gasteiger charge is 2.28. The Morgan fingerprint density at radius 1 is 1.26 bits per heavy atom. The maximum absolute atomic E-state index is 6.12. The van der Waals surface area contributed by atoms with Crippen LogP contribution in [0.25, 0.3) is 0 Å². The molecule has 3 unspecified atom stereocenters. The quantitative estimate of drug-likeness (QED) is 0.588. The summed E-state index contributed by atoms with van der Waals surface area (Å²) in [6.07, 6.45) is 2.53. The number of guanidine groups is 1. The molecule has 27 heavy (non-hydrogen) atoms. The molecular formula is C22H37N3O2. The van der Waals surface area contributed by atoms with E-state index >= 15 is 0 Å². The molecule has 0 radical (unpaired) electrons. The Hall–Kier alpha value is -1.59. The van der Waals surface area contributed by atoms with Crippen molar-refractivity contribution in [3.05, 3.63) is 35.4 Å². The molecule has 0 amide bonds. The Balaban J connectivity index is 1.92. The first kappa shape index (κ1) is 21.7. The highest BCUT2D eigenvalue weighted by Crippen LogP contribution is 2.33. The van der Waals surface area contributed by atoms with Crippen molar-refractivity contribution >= 4 is 5.96 Å². The van der Waals surface area contributed by atoms with Crippen LogP contribution in [0.4, 0.5) is 0 Å². The summed E-state index contributed by atoms with van der Waals surface area (Å²) >= 11 is 0. The number of hydrogen-bond acceptors (Lipinski definition) is 3. The predicted octanol–water partition coefficient (Wildman–Crippen LogP) is 3.69. The van der Waals surface area contributed by atoms with Crippen LogP contribution in [-0.4, -0.2) is 45.9 Å². The van der Waals surface area contributed by atoms with Crippen LogP contribution >= 0.6 is 0 Å². The van der Waals surface area contributed by atoms with Gasteiger partial charge in [0.05, 0.1) is 12.2 Å². The first-order valence-corrected chi connectivity index (χ1v) is 10.0. The monoisotopic (exact) mass is 375 g/mol. The summed E-state index contributed by atoms with van der Waals surface area (Å²) in [5.74, 6) is 1.25. The highest BCUT2D eigenvalue weighted by molar-refractivity contribution is 5.79. The lowest BCUT2D eigenvalue weighted by Gasteiger charge is -2.33. The van der Waals surface area contributed by atoms with Gasteiger partial charge in [-0.3, -0.25) is 4.99 Å². The van der Waals surface area contributed by atoms with Crippen LogP contribution in [0.5, 0.6) is 0 Å². The minimum Gasteiger partial charge on any atom is -0.379 e. The number of ether oxygens (including phenoxy) is 2. The van der Waals surface area contributed by atoms with Gasteiger partial charge in [0.25, 0.3) is 0 Å². The van der Waals surface area contributed by atoms with Gasteiger partial charge in [-0.1, -0.05) is 50.6 Å². The van der Waals surface area contributed by atoms with Gasteiger partial charge in [-0.15, -0.1) is 0 Å². The molecule has 0 spiro atoms. The highest BCUT2D eigenvalue weighted by atomic mass is 16.5. The molecule has 0 saturated carbocycles. The third kappa shape index (κ3) is 6.51. The van der Waals surface area contributed by atoms with Gasteiger partial charge >= 0.3 is 0 Å². The Morgan fingerprint density at radius 2 is 1.96 bits per heavy atom. The second kappa shape index (κ2) is 10.1. The molecule has 1 saturated heterocycles. The van der Waals surface area contributed by atoms with Gasteiger partial charge in [-0.25, -0.2) is 0 Å². The van der Waals surface area contributed by atoms with Crippen molar-refractivity contribution in [3.63, 3.8) is 0 Å². The van der Waals surface area contributed by atoms with Crippen LogP contribution in [0.2, 0.25) is 0 Å². The van der Waals surface area contributed by atoms with E-state index in [2.05, 4.69) is 67.6 Å². The second-order valence-corrected chi connectivity index (χ2v) is 8.53. The van der Waals surface area contributed by atoms with Gasteiger partial charge < -0.3 is 20.1 Å². The Morgan fingerprint density at radius 3 is 2.56 bits per heavy atom. The molecule has 1 aromatic rings. The zero-order valence-electron chi connectivity index (χ0n) is 17.8. The number of methoxy groups -OCH3 is 1. The van der Waals surface area contributed by atoms with Crippen molar-refractivity contribution < 1.29 is 9.47 Å². The van der Waals surface area contributed by atoms with Gasteiger partial charge in [-0.2, -0.15) is 0 Å². The predicted molar refractivity (Wildman–Crippen MR) is 112 cm³/mol. The number of benzene rings is 1. The minimum atomic E-state index is 0.0777. The van der Waals surface area contributed by atoms with Crippen molar-refractivity contribution in [2.45, 2.75) is 52.7 Å². The van der Waals surface area contributed by atoms with Crippen LogP contribution < -0.4 is 10.6 Å². The number of nitrogens with zero attached hydrogens (tertiary/aromatic N) is 1. The molecule has 0 aliphatic carbocycles. The van der Waals surface area contributed by atoms with Crippen molar-refractivity contribution in [3.8, 4) is 0 Å². The van der Waals surface area contributed by atoms with E-state index in [0.717, 1.165) is 38.5 Å². The number of aliphatic imine (C=N–C) groups is 1. The molecule has 2 rings (SSSR count). The van der Waals surface area contributed by atoms with Gasteiger partial charge in [0.15, 0.2) is 5.96 Å². The molecule has 3 atom stereocenters. The van der Waals surface area contributed by atoms with E-state index in [9.17, 15) is 0 Å². The van der Waals surface area contributed by atoms with Crippen molar-refractivity contribution in [1.29, 1.82) is 0 Å². The standard InChI is InChI=1S/C22H37N3O2/c1-16-9-11-17(12-10-16)20-18(8-7-13-27-20)14-24-21(23-5)25-15-19(26-6)22(2,3)4/h9-12,18-20H,7-8,13-15H2,1-6H3,(H2,23,24,25). The van der Waals surface area contributed by atoms with E-state index in [4.69, 9.17) is 9.47 Å². The lowest BCUT2D eigenvalue weighted by Crippen LogP contribution is -2.47. The van der Waals surface area contributed by atoms with Crippen molar-refractivity contribution in [1.82, 2.24) is 10.6 Å². The fourth-order valence-electron chi connectivity index (χ4n) is 3.56. The molecule has 5 nitrogen and oxygen atoms in total.